The van der Waals surface area contributed by atoms with Crippen LogP contribution in [0.4, 0.5) is 5.82 Å². The number of hydrogen-bond acceptors (Lipinski definition) is 4. The molecular formula is C16H28N4O. The molecule has 5 nitrogen and oxygen atoms in total. The Kier molecular flexibility index (Phi) is 6.62. The van der Waals surface area contributed by atoms with Gasteiger partial charge in [-0.05, 0) is 39.1 Å². The molecule has 0 aliphatic carbocycles. The predicted octanol–water partition coefficient (Wildman–Crippen LogP) is 2.27. The Labute approximate surface area is 128 Å². The number of nitrogens with one attached hydrogen (secondary N) is 1. The summed E-state index contributed by atoms with van der Waals surface area (Å²) < 4.78 is 0. The van der Waals surface area contributed by atoms with E-state index in [1.54, 1.807) is 4.90 Å². The molecule has 0 saturated carbocycles. The average Bonchev–Trinajstić information content (AvgIpc) is 2.43. The van der Waals surface area contributed by atoms with Crippen molar-refractivity contribution >= 4 is 11.7 Å². The molecular weight excluding hydrogens is 264 g/mol. The number of pyridine rings is 1. The zero-order valence-electron chi connectivity index (χ0n) is 14.1. The summed E-state index contributed by atoms with van der Waals surface area (Å²) in [5.74, 6) is 1.11. The number of hydrogen-bond donors (Lipinski definition) is 1. The van der Waals surface area contributed by atoms with Crippen LogP contribution in [-0.2, 0) is 0 Å². The first-order valence-electron chi connectivity index (χ1n) is 7.51. The maximum absolute atomic E-state index is 12.5. The molecule has 21 heavy (non-hydrogen) atoms. The Balaban J connectivity index is 2.96. The molecule has 1 aromatic rings. The summed E-state index contributed by atoms with van der Waals surface area (Å²) in [6.45, 7) is 8.54. The minimum Gasteiger partial charge on any atom is -0.370 e. The summed E-state index contributed by atoms with van der Waals surface area (Å²) in [6.07, 6.45) is 0. The SMILES string of the molecule is CCNc1cc(C(=O)N(C)CCN(C)C)cc(C(C)C)n1. The van der Waals surface area contributed by atoms with Crippen LogP contribution >= 0.6 is 0 Å². The van der Waals surface area contributed by atoms with Gasteiger partial charge in [-0.3, -0.25) is 4.79 Å². The smallest absolute Gasteiger partial charge is 0.253 e. The highest BCUT2D eigenvalue weighted by Crippen LogP contribution is 2.18. The quantitative estimate of drug-likeness (QED) is 0.837. The van der Waals surface area contributed by atoms with E-state index in [4.69, 9.17) is 0 Å². The molecule has 0 atom stereocenters. The lowest BCUT2D eigenvalue weighted by atomic mass is 10.1. The van der Waals surface area contributed by atoms with Gasteiger partial charge >= 0.3 is 0 Å². The third-order valence-corrected chi connectivity index (χ3v) is 3.27. The molecule has 1 aromatic heterocycles. The standard InChI is InChI=1S/C16H28N4O/c1-7-17-15-11-13(10-14(18-15)12(2)3)16(21)20(6)9-8-19(4)5/h10-12H,7-9H2,1-6H3,(H,17,18). The number of nitrogens with zero attached hydrogens (tertiary/aromatic N) is 3. The predicted molar refractivity (Wildman–Crippen MR) is 88.0 cm³/mol. The summed E-state index contributed by atoms with van der Waals surface area (Å²) in [6, 6.07) is 3.74. The molecule has 118 valence electrons. The van der Waals surface area contributed by atoms with Gasteiger partial charge in [-0.1, -0.05) is 13.8 Å². The van der Waals surface area contributed by atoms with Gasteiger partial charge < -0.3 is 15.1 Å². The van der Waals surface area contributed by atoms with Crippen LogP contribution in [0.2, 0.25) is 0 Å². The van der Waals surface area contributed by atoms with Gasteiger partial charge in [0.25, 0.3) is 5.91 Å². The molecule has 0 aliphatic heterocycles. The van der Waals surface area contributed by atoms with Crippen LogP contribution < -0.4 is 5.32 Å². The van der Waals surface area contributed by atoms with Crippen molar-refractivity contribution in [1.29, 1.82) is 0 Å². The van der Waals surface area contributed by atoms with E-state index >= 15 is 0 Å². The number of amides is 1. The van der Waals surface area contributed by atoms with Gasteiger partial charge in [0.1, 0.15) is 5.82 Å². The number of anilines is 1. The van der Waals surface area contributed by atoms with Crippen molar-refractivity contribution in [2.45, 2.75) is 26.7 Å². The molecule has 0 radical (unpaired) electrons. The lowest BCUT2D eigenvalue weighted by Crippen LogP contribution is -2.33. The van der Waals surface area contributed by atoms with E-state index in [0.717, 1.165) is 24.6 Å². The first-order chi connectivity index (χ1) is 9.85. The summed E-state index contributed by atoms with van der Waals surface area (Å²) in [5, 5.41) is 3.20. The molecule has 0 fully saturated rings. The Morgan fingerprint density at radius 1 is 1.24 bits per heavy atom. The molecule has 0 saturated heterocycles. The number of rotatable bonds is 7. The van der Waals surface area contributed by atoms with E-state index < -0.39 is 0 Å². The van der Waals surface area contributed by atoms with Gasteiger partial charge in [0.2, 0.25) is 0 Å². The Hall–Kier alpha value is -1.62. The molecule has 1 N–H and O–H groups in total. The van der Waals surface area contributed by atoms with Crippen molar-refractivity contribution in [3.63, 3.8) is 0 Å². The normalized spacial score (nSPS) is 11.0. The molecule has 0 spiro atoms. The van der Waals surface area contributed by atoms with Gasteiger partial charge in [-0.2, -0.15) is 0 Å². The van der Waals surface area contributed by atoms with Gasteiger partial charge in [-0.25, -0.2) is 4.98 Å². The van der Waals surface area contributed by atoms with Crippen LogP contribution in [0.1, 0.15) is 42.7 Å². The maximum Gasteiger partial charge on any atom is 0.253 e. The van der Waals surface area contributed by atoms with Crippen LogP contribution in [0.5, 0.6) is 0 Å². The molecule has 0 bridgehead atoms. The third-order valence-electron chi connectivity index (χ3n) is 3.27. The molecule has 0 aromatic carbocycles. The van der Waals surface area contributed by atoms with Crippen LogP contribution in [0.3, 0.4) is 0 Å². The lowest BCUT2D eigenvalue weighted by Gasteiger charge is -2.20. The minimum atomic E-state index is 0.0419. The number of carbonyl (C=O) groups excluding carboxylic acids is 1. The van der Waals surface area contributed by atoms with Crippen LogP contribution in [0.25, 0.3) is 0 Å². The van der Waals surface area contributed by atoms with Crippen molar-refractivity contribution in [2.24, 2.45) is 0 Å². The minimum absolute atomic E-state index is 0.0419. The van der Waals surface area contributed by atoms with Crippen molar-refractivity contribution in [1.82, 2.24) is 14.8 Å². The van der Waals surface area contributed by atoms with Gasteiger partial charge in [0, 0.05) is 37.9 Å². The molecule has 0 aliphatic rings. The van der Waals surface area contributed by atoms with Crippen molar-refractivity contribution in [3.8, 4) is 0 Å². The molecule has 1 rings (SSSR count). The van der Waals surface area contributed by atoms with Crippen molar-refractivity contribution < 1.29 is 4.79 Å². The fourth-order valence-corrected chi connectivity index (χ4v) is 1.91. The maximum atomic E-state index is 12.5. The van der Waals surface area contributed by atoms with Crippen LogP contribution in [0.15, 0.2) is 12.1 Å². The number of carbonyl (C=O) groups is 1. The van der Waals surface area contributed by atoms with E-state index in [1.807, 2.05) is 40.2 Å². The Bertz CT molecular complexity index is 471. The van der Waals surface area contributed by atoms with E-state index in [0.29, 0.717) is 18.0 Å². The summed E-state index contributed by atoms with van der Waals surface area (Å²) in [7, 11) is 5.85. The second-order valence-corrected chi connectivity index (χ2v) is 5.88. The van der Waals surface area contributed by atoms with E-state index in [1.165, 1.54) is 0 Å². The zero-order valence-corrected chi connectivity index (χ0v) is 14.1. The second kappa shape index (κ2) is 7.98. The highest BCUT2D eigenvalue weighted by molar-refractivity contribution is 5.94. The molecule has 0 unspecified atom stereocenters. The van der Waals surface area contributed by atoms with Crippen molar-refractivity contribution in [2.75, 3.05) is 46.1 Å². The van der Waals surface area contributed by atoms with Gasteiger partial charge in [0.05, 0.1) is 0 Å². The summed E-state index contributed by atoms with van der Waals surface area (Å²) >= 11 is 0. The van der Waals surface area contributed by atoms with Gasteiger partial charge in [-0.15, -0.1) is 0 Å². The first kappa shape index (κ1) is 17.4. The Morgan fingerprint density at radius 2 is 1.90 bits per heavy atom. The zero-order chi connectivity index (χ0) is 16.0. The van der Waals surface area contributed by atoms with E-state index in [2.05, 4.69) is 29.0 Å². The molecule has 5 heteroatoms. The number of aromatic nitrogens is 1. The highest BCUT2D eigenvalue weighted by Gasteiger charge is 2.15. The molecule has 1 heterocycles. The van der Waals surface area contributed by atoms with E-state index in [9.17, 15) is 4.79 Å². The van der Waals surface area contributed by atoms with Crippen molar-refractivity contribution in [3.05, 3.63) is 23.4 Å². The van der Waals surface area contributed by atoms with Crippen LogP contribution in [0, 0.1) is 0 Å². The fraction of sp³-hybridized carbons (Fsp3) is 0.625. The van der Waals surface area contributed by atoms with Gasteiger partial charge in [0.15, 0.2) is 0 Å². The summed E-state index contributed by atoms with van der Waals surface area (Å²) in [4.78, 5) is 20.9. The first-order valence-corrected chi connectivity index (χ1v) is 7.51. The topological polar surface area (TPSA) is 48.5 Å². The summed E-state index contributed by atoms with van der Waals surface area (Å²) in [5.41, 5.74) is 1.64. The largest absolute Gasteiger partial charge is 0.370 e. The lowest BCUT2D eigenvalue weighted by molar-refractivity contribution is 0.0786. The highest BCUT2D eigenvalue weighted by atomic mass is 16.2. The Morgan fingerprint density at radius 3 is 2.43 bits per heavy atom. The number of likely N-dealkylation sites (N-methyl/N-ethyl adjacent to an activating group) is 2. The monoisotopic (exact) mass is 292 g/mol. The van der Waals surface area contributed by atoms with E-state index in [-0.39, 0.29) is 5.91 Å². The third kappa shape index (κ3) is 5.34. The van der Waals surface area contributed by atoms with Crippen LogP contribution in [-0.4, -0.2) is 61.5 Å². The molecule has 1 amide bonds. The second-order valence-electron chi connectivity index (χ2n) is 5.88. The average molecular weight is 292 g/mol. The fourth-order valence-electron chi connectivity index (χ4n) is 1.91.